The highest BCUT2D eigenvalue weighted by atomic mass is 35.5. The van der Waals surface area contributed by atoms with E-state index in [2.05, 4.69) is 5.32 Å². The largest absolute Gasteiger partial charge is 0.480 e. The fourth-order valence-electron chi connectivity index (χ4n) is 1.86. The summed E-state index contributed by atoms with van der Waals surface area (Å²) in [5.74, 6) is -1.46. The van der Waals surface area contributed by atoms with Crippen LogP contribution in [0.1, 0.15) is 31.4 Å². The van der Waals surface area contributed by atoms with E-state index < -0.39 is 17.3 Å². The van der Waals surface area contributed by atoms with Crippen LogP contribution in [0.5, 0.6) is 0 Å². The molecule has 1 unspecified atom stereocenters. The summed E-state index contributed by atoms with van der Waals surface area (Å²) in [6.45, 7) is 1.81. The molecule has 0 aromatic heterocycles. The Morgan fingerprint density at radius 2 is 2.11 bits per heavy atom. The van der Waals surface area contributed by atoms with Gasteiger partial charge in [0.05, 0.1) is 6.04 Å². The van der Waals surface area contributed by atoms with E-state index in [1.165, 1.54) is 0 Å². The summed E-state index contributed by atoms with van der Waals surface area (Å²) in [5, 5.41) is 12.3. The molecule has 0 heterocycles. The van der Waals surface area contributed by atoms with Gasteiger partial charge in [-0.25, -0.2) is 0 Å². The molecule has 1 saturated carbocycles. The molecule has 1 aliphatic rings. The second-order valence-electron chi connectivity index (χ2n) is 4.64. The summed E-state index contributed by atoms with van der Waals surface area (Å²) >= 11 is 5.87. The van der Waals surface area contributed by atoms with Crippen molar-refractivity contribution >= 4 is 23.5 Å². The van der Waals surface area contributed by atoms with Crippen molar-refractivity contribution in [3.05, 3.63) is 34.9 Å². The van der Waals surface area contributed by atoms with Crippen molar-refractivity contribution < 1.29 is 14.7 Å². The number of carbonyl (C=O) groups is 2. The topological polar surface area (TPSA) is 66.4 Å². The second kappa shape index (κ2) is 4.61. The van der Waals surface area contributed by atoms with Crippen LogP contribution in [0.15, 0.2) is 24.3 Å². The number of rotatable bonds is 4. The predicted octanol–water partition coefficient (Wildman–Crippen LogP) is 2.38. The fourth-order valence-corrected chi connectivity index (χ4v) is 2.06. The molecular formula is C13H14ClNO3. The number of nitrogens with one attached hydrogen (secondary N) is 1. The molecule has 5 heteroatoms. The highest BCUT2D eigenvalue weighted by Crippen LogP contribution is 2.46. The number of hydrogen-bond donors (Lipinski definition) is 2. The van der Waals surface area contributed by atoms with Crippen molar-refractivity contribution in [2.24, 2.45) is 5.41 Å². The number of halogens is 1. The van der Waals surface area contributed by atoms with Gasteiger partial charge in [-0.2, -0.15) is 0 Å². The average Bonchev–Trinajstić information content (AvgIpc) is 3.09. The third kappa shape index (κ3) is 2.34. The minimum Gasteiger partial charge on any atom is -0.480 e. The van der Waals surface area contributed by atoms with Crippen molar-refractivity contribution in [1.29, 1.82) is 0 Å². The molecule has 2 rings (SSSR count). The minimum absolute atomic E-state index is 0.256. The quantitative estimate of drug-likeness (QED) is 0.823. The number of carbonyl (C=O) groups excluding carboxylic acids is 1. The number of benzene rings is 1. The van der Waals surface area contributed by atoms with E-state index in [4.69, 9.17) is 16.7 Å². The smallest absolute Gasteiger partial charge is 0.319 e. The number of amides is 1. The molecule has 18 heavy (non-hydrogen) atoms. The third-order valence-corrected chi connectivity index (χ3v) is 3.53. The van der Waals surface area contributed by atoms with Crippen LogP contribution in [-0.4, -0.2) is 17.0 Å². The Morgan fingerprint density at radius 3 is 2.61 bits per heavy atom. The average molecular weight is 268 g/mol. The van der Waals surface area contributed by atoms with Crippen molar-refractivity contribution in [3.8, 4) is 0 Å². The molecule has 2 N–H and O–H groups in total. The van der Waals surface area contributed by atoms with Gasteiger partial charge in [-0.1, -0.05) is 23.7 Å². The summed E-state index contributed by atoms with van der Waals surface area (Å²) < 4.78 is 0. The minimum atomic E-state index is -1.20. The van der Waals surface area contributed by atoms with Gasteiger partial charge in [-0.3, -0.25) is 9.59 Å². The second-order valence-corrected chi connectivity index (χ2v) is 5.07. The standard InChI is InChI=1S/C13H14ClNO3/c1-8(9-3-2-4-10(14)7-9)15-11(16)13(5-6-13)12(17)18/h2-4,7-8H,5-6H2,1H3,(H,15,16)(H,17,18). The van der Waals surface area contributed by atoms with E-state index in [1.54, 1.807) is 18.2 Å². The number of hydrogen-bond acceptors (Lipinski definition) is 2. The first kappa shape index (κ1) is 12.9. The van der Waals surface area contributed by atoms with Crippen LogP contribution >= 0.6 is 11.6 Å². The first-order chi connectivity index (χ1) is 8.45. The van der Waals surface area contributed by atoms with Gasteiger partial charge in [0.2, 0.25) is 5.91 Å². The zero-order valence-corrected chi connectivity index (χ0v) is 10.7. The molecular weight excluding hydrogens is 254 g/mol. The fraction of sp³-hybridized carbons (Fsp3) is 0.385. The Bertz CT molecular complexity index is 497. The summed E-state index contributed by atoms with van der Waals surface area (Å²) in [5.41, 5.74) is -0.343. The van der Waals surface area contributed by atoms with E-state index in [0.29, 0.717) is 17.9 Å². The van der Waals surface area contributed by atoms with E-state index in [9.17, 15) is 9.59 Å². The highest BCUT2D eigenvalue weighted by Gasteiger charge is 2.57. The maximum Gasteiger partial charge on any atom is 0.319 e. The summed E-state index contributed by atoms with van der Waals surface area (Å²) in [6.07, 6.45) is 0.826. The van der Waals surface area contributed by atoms with E-state index in [1.807, 2.05) is 13.0 Å². The zero-order valence-electron chi connectivity index (χ0n) is 9.94. The zero-order chi connectivity index (χ0) is 13.3. The van der Waals surface area contributed by atoms with Gasteiger partial charge in [-0.15, -0.1) is 0 Å². The maximum atomic E-state index is 11.9. The molecule has 1 atom stereocenters. The molecule has 0 aliphatic heterocycles. The lowest BCUT2D eigenvalue weighted by Crippen LogP contribution is -2.38. The molecule has 1 fully saturated rings. The Kier molecular flexibility index (Phi) is 3.30. The molecule has 1 amide bonds. The molecule has 96 valence electrons. The third-order valence-electron chi connectivity index (χ3n) is 3.29. The van der Waals surface area contributed by atoms with Gasteiger partial charge in [-0.05, 0) is 37.5 Å². The van der Waals surface area contributed by atoms with E-state index >= 15 is 0 Å². The van der Waals surface area contributed by atoms with Gasteiger partial charge in [0.15, 0.2) is 0 Å². The Labute approximate surface area is 110 Å². The summed E-state index contributed by atoms with van der Waals surface area (Å²) in [6, 6.07) is 6.89. The Balaban J connectivity index is 2.06. The molecule has 0 bridgehead atoms. The first-order valence-corrected chi connectivity index (χ1v) is 6.13. The van der Waals surface area contributed by atoms with Crippen LogP contribution in [0.2, 0.25) is 5.02 Å². The van der Waals surface area contributed by atoms with E-state index in [0.717, 1.165) is 5.56 Å². The lowest BCUT2D eigenvalue weighted by atomic mass is 10.0. The van der Waals surface area contributed by atoms with Crippen molar-refractivity contribution in [1.82, 2.24) is 5.32 Å². The first-order valence-electron chi connectivity index (χ1n) is 5.75. The molecule has 0 saturated heterocycles. The lowest BCUT2D eigenvalue weighted by Gasteiger charge is -2.17. The van der Waals surface area contributed by atoms with Gasteiger partial charge < -0.3 is 10.4 Å². The van der Waals surface area contributed by atoms with Crippen LogP contribution < -0.4 is 5.32 Å². The van der Waals surface area contributed by atoms with Crippen LogP contribution in [0.4, 0.5) is 0 Å². The molecule has 0 spiro atoms. The maximum absolute atomic E-state index is 11.9. The molecule has 1 aliphatic carbocycles. The SMILES string of the molecule is CC(NC(=O)C1(C(=O)O)CC1)c1cccc(Cl)c1. The van der Waals surface area contributed by atoms with Crippen LogP contribution in [0, 0.1) is 5.41 Å². The van der Waals surface area contributed by atoms with Gasteiger partial charge in [0.1, 0.15) is 5.41 Å². The van der Waals surface area contributed by atoms with Gasteiger partial charge in [0.25, 0.3) is 0 Å². The normalized spacial score (nSPS) is 17.9. The molecule has 1 aromatic rings. The summed E-state index contributed by atoms with van der Waals surface area (Å²) in [4.78, 5) is 22.9. The van der Waals surface area contributed by atoms with E-state index in [-0.39, 0.29) is 6.04 Å². The predicted molar refractivity (Wildman–Crippen MR) is 67.3 cm³/mol. The monoisotopic (exact) mass is 267 g/mol. The van der Waals surface area contributed by atoms with Crippen molar-refractivity contribution in [3.63, 3.8) is 0 Å². The lowest BCUT2D eigenvalue weighted by molar-refractivity contribution is -0.149. The van der Waals surface area contributed by atoms with Crippen LogP contribution in [-0.2, 0) is 9.59 Å². The Morgan fingerprint density at radius 1 is 1.44 bits per heavy atom. The number of carboxylic acids is 1. The van der Waals surface area contributed by atoms with Crippen molar-refractivity contribution in [2.75, 3.05) is 0 Å². The number of aliphatic carboxylic acids is 1. The summed E-state index contributed by atoms with van der Waals surface area (Å²) in [7, 11) is 0. The van der Waals surface area contributed by atoms with Crippen LogP contribution in [0.3, 0.4) is 0 Å². The van der Waals surface area contributed by atoms with Gasteiger partial charge >= 0.3 is 5.97 Å². The highest BCUT2D eigenvalue weighted by molar-refractivity contribution is 6.30. The number of carboxylic acid groups (broad SMARTS) is 1. The Hall–Kier alpha value is -1.55. The molecule has 0 radical (unpaired) electrons. The molecule has 1 aromatic carbocycles. The van der Waals surface area contributed by atoms with Crippen LogP contribution in [0.25, 0.3) is 0 Å². The van der Waals surface area contributed by atoms with Gasteiger partial charge in [0, 0.05) is 5.02 Å². The van der Waals surface area contributed by atoms with Crippen molar-refractivity contribution in [2.45, 2.75) is 25.8 Å². The molecule has 4 nitrogen and oxygen atoms in total.